The average molecular weight is 432 g/mol. The third-order valence-corrected chi connectivity index (χ3v) is 9.78. The van der Waals surface area contributed by atoms with Gasteiger partial charge in [0, 0.05) is 0 Å². The van der Waals surface area contributed by atoms with Gasteiger partial charge in [0.25, 0.3) is 0 Å². The third kappa shape index (κ3) is 2.88. The Bertz CT molecular complexity index is 831. The van der Waals surface area contributed by atoms with E-state index in [1.165, 1.54) is 6.07 Å². The summed E-state index contributed by atoms with van der Waals surface area (Å²) in [4.78, 5) is 0.0625. The van der Waals surface area contributed by atoms with E-state index in [9.17, 15) is 30.6 Å². The molecule has 0 amide bonds. The molecule has 1 aliphatic rings. The molecule has 0 radical (unpaired) electrons. The van der Waals surface area contributed by atoms with Crippen LogP contribution in [0.5, 0.6) is 0 Å². The molecular weight excluding hydrogens is 423 g/mol. The van der Waals surface area contributed by atoms with Crippen molar-refractivity contribution in [2.75, 3.05) is 0 Å². The molecule has 1 heterocycles. The van der Waals surface area contributed by atoms with Crippen molar-refractivity contribution >= 4 is 29.8 Å². The normalized spacial score (nSPS) is 18.2. The Morgan fingerprint density at radius 2 is 1.50 bits per heavy atom. The molecule has 130 valence electrons. The maximum atomic E-state index is 13.1. The molecule has 0 aromatic heterocycles. The Kier molecular flexibility index (Phi) is 4.07. The van der Waals surface area contributed by atoms with Crippen LogP contribution in [-0.4, -0.2) is 19.4 Å². The second-order valence-electron chi connectivity index (χ2n) is 5.00. The van der Waals surface area contributed by atoms with E-state index in [2.05, 4.69) is 3.74 Å². The Balaban J connectivity index is 2.08. The third-order valence-electron chi connectivity index (χ3n) is 3.47. The number of hydrogen-bond acceptors (Lipinski definition) is 1. The van der Waals surface area contributed by atoms with E-state index >= 15 is 0 Å². The average Bonchev–Trinajstić information content (AvgIpc) is 2.84. The molecule has 0 atom stereocenters. The molecule has 3 rings (SSSR count). The number of alkyl halides is 6. The summed E-state index contributed by atoms with van der Waals surface area (Å²) < 4.78 is 92.7. The van der Waals surface area contributed by atoms with E-state index in [1.807, 2.05) is 0 Å². The Hall–Kier alpha value is -1.35. The van der Waals surface area contributed by atoms with Gasteiger partial charge in [0.15, 0.2) is 0 Å². The van der Waals surface area contributed by atoms with E-state index < -0.39 is 48.8 Å². The van der Waals surface area contributed by atoms with Gasteiger partial charge >= 0.3 is 140 Å². The van der Waals surface area contributed by atoms with Crippen molar-refractivity contribution in [3.63, 3.8) is 0 Å². The van der Waals surface area contributed by atoms with E-state index in [4.69, 9.17) is 0 Å². The predicted octanol–water partition coefficient (Wildman–Crippen LogP) is 2.92. The second-order valence-corrected chi connectivity index (χ2v) is 9.83. The SMILES string of the molecule is O=[SH]1(c2ccc(C(F)(F)F)cc2)N[Se]c2c(C(F)(F)F)cccc21. The standard InChI is InChI=1S/C14H9F6NOSSe/c15-13(16,17)8-4-6-9(7-5-8)23(22)11-3-1-2-10(14(18,19)20)12(11)24-21-23/h1-7,23H,(H,21,22). The second kappa shape index (κ2) is 5.59. The van der Waals surface area contributed by atoms with E-state index in [-0.39, 0.29) is 14.3 Å². The summed E-state index contributed by atoms with van der Waals surface area (Å²) in [6.07, 6.45) is -9.12. The van der Waals surface area contributed by atoms with Crippen LogP contribution in [0.4, 0.5) is 26.3 Å². The van der Waals surface area contributed by atoms with Crippen molar-refractivity contribution < 1.29 is 30.6 Å². The van der Waals surface area contributed by atoms with Crippen LogP contribution in [0, 0.1) is 0 Å². The minimum atomic E-state index is -4.58. The first kappa shape index (κ1) is 17.5. The number of nitrogens with one attached hydrogen (secondary N) is 1. The van der Waals surface area contributed by atoms with Gasteiger partial charge in [-0.3, -0.25) is 0 Å². The van der Waals surface area contributed by atoms with E-state index in [0.29, 0.717) is 0 Å². The molecule has 2 aromatic carbocycles. The summed E-state index contributed by atoms with van der Waals surface area (Å²) >= 11 is -0.889. The molecule has 0 saturated carbocycles. The summed E-state index contributed by atoms with van der Waals surface area (Å²) in [5.74, 6) is 0. The van der Waals surface area contributed by atoms with Gasteiger partial charge in [-0.05, 0) is 0 Å². The fraction of sp³-hybridized carbons (Fsp3) is 0.143. The number of hydrogen-bond donors (Lipinski definition) is 2. The van der Waals surface area contributed by atoms with Gasteiger partial charge in [-0.1, -0.05) is 0 Å². The summed E-state index contributed by atoms with van der Waals surface area (Å²) in [6.45, 7) is 0. The number of thiol groups is 1. The van der Waals surface area contributed by atoms with Gasteiger partial charge < -0.3 is 0 Å². The first-order chi connectivity index (χ1) is 11.0. The number of fused-ring (bicyclic) bond motifs is 1. The van der Waals surface area contributed by atoms with Crippen molar-refractivity contribution in [1.29, 1.82) is 0 Å². The molecule has 0 saturated heterocycles. The van der Waals surface area contributed by atoms with Crippen molar-refractivity contribution in [2.45, 2.75) is 22.1 Å². The first-order valence-electron chi connectivity index (χ1n) is 6.46. The van der Waals surface area contributed by atoms with Crippen LogP contribution in [0.3, 0.4) is 0 Å². The minimum absolute atomic E-state index is 0.0112. The molecule has 2 nitrogen and oxygen atoms in total. The molecule has 10 heteroatoms. The van der Waals surface area contributed by atoms with Gasteiger partial charge in [-0.2, -0.15) is 0 Å². The Labute approximate surface area is 140 Å². The fourth-order valence-electron chi connectivity index (χ4n) is 2.31. The van der Waals surface area contributed by atoms with E-state index in [1.54, 1.807) is 0 Å². The van der Waals surface area contributed by atoms with Crippen LogP contribution in [0.2, 0.25) is 0 Å². The molecule has 0 unspecified atom stereocenters. The molecule has 0 bridgehead atoms. The zero-order chi connectivity index (χ0) is 17.8. The van der Waals surface area contributed by atoms with Gasteiger partial charge in [-0.25, -0.2) is 0 Å². The molecule has 0 fully saturated rings. The van der Waals surface area contributed by atoms with E-state index in [0.717, 1.165) is 36.4 Å². The molecule has 1 aliphatic heterocycles. The number of rotatable bonds is 1. The predicted molar refractivity (Wildman–Crippen MR) is 77.5 cm³/mol. The monoisotopic (exact) mass is 433 g/mol. The number of benzene rings is 2. The van der Waals surface area contributed by atoms with Crippen LogP contribution in [0.25, 0.3) is 0 Å². The molecular formula is C14H9F6NOSSe. The van der Waals surface area contributed by atoms with Crippen molar-refractivity contribution in [2.24, 2.45) is 0 Å². The van der Waals surface area contributed by atoms with Crippen LogP contribution < -0.4 is 8.20 Å². The molecule has 0 aliphatic carbocycles. The topological polar surface area (TPSA) is 29.1 Å². The first-order valence-corrected chi connectivity index (χ1v) is 9.88. The van der Waals surface area contributed by atoms with Gasteiger partial charge in [0.2, 0.25) is 0 Å². The number of halogens is 6. The molecule has 24 heavy (non-hydrogen) atoms. The van der Waals surface area contributed by atoms with Crippen LogP contribution in [0.15, 0.2) is 52.3 Å². The molecule has 2 aromatic rings. The molecule has 0 spiro atoms. The fourth-order valence-corrected chi connectivity index (χ4v) is 8.98. The summed E-state index contributed by atoms with van der Waals surface area (Å²) in [7, 11) is -3.57. The van der Waals surface area contributed by atoms with Gasteiger partial charge in [0.05, 0.1) is 0 Å². The van der Waals surface area contributed by atoms with Crippen molar-refractivity contribution in [3.05, 3.63) is 53.6 Å². The van der Waals surface area contributed by atoms with Gasteiger partial charge in [-0.15, -0.1) is 0 Å². The zero-order valence-electron chi connectivity index (χ0n) is 11.6. The van der Waals surface area contributed by atoms with Crippen LogP contribution in [-0.2, 0) is 22.5 Å². The summed E-state index contributed by atoms with van der Waals surface area (Å²) in [6, 6.07) is 7.02. The Morgan fingerprint density at radius 3 is 2.04 bits per heavy atom. The molecule has 1 N–H and O–H groups in total. The van der Waals surface area contributed by atoms with Crippen LogP contribution in [0.1, 0.15) is 11.1 Å². The maximum absolute atomic E-state index is 13.1. The zero-order valence-corrected chi connectivity index (χ0v) is 14.2. The van der Waals surface area contributed by atoms with Crippen LogP contribution >= 0.6 is 0 Å². The Morgan fingerprint density at radius 1 is 0.875 bits per heavy atom. The summed E-state index contributed by atoms with van der Waals surface area (Å²) in [5, 5.41) is 0. The summed E-state index contributed by atoms with van der Waals surface area (Å²) in [5.41, 5.74) is -1.77. The van der Waals surface area contributed by atoms with Gasteiger partial charge in [0.1, 0.15) is 0 Å². The van der Waals surface area contributed by atoms with Crippen molar-refractivity contribution in [3.8, 4) is 0 Å². The van der Waals surface area contributed by atoms with Crippen molar-refractivity contribution in [1.82, 2.24) is 3.74 Å². The quantitative estimate of drug-likeness (QED) is 0.405.